The summed E-state index contributed by atoms with van der Waals surface area (Å²) in [6.07, 6.45) is 23.6. The third kappa shape index (κ3) is 9.97. The van der Waals surface area contributed by atoms with Gasteiger partial charge < -0.3 is 10.6 Å². The maximum absolute atomic E-state index is 11.9. The summed E-state index contributed by atoms with van der Waals surface area (Å²) in [5.74, 6) is 0.540. The molecule has 0 radical (unpaired) electrons. The molecule has 4 nitrogen and oxygen atoms in total. The number of nitrogens with zero attached hydrogens (tertiary/aromatic N) is 1. The van der Waals surface area contributed by atoms with Gasteiger partial charge in [0.1, 0.15) is 0 Å². The van der Waals surface area contributed by atoms with Crippen molar-refractivity contribution in [1.82, 2.24) is 10.6 Å². The molecule has 2 aliphatic carbocycles. The Kier molecular flexibility index (Phi) is 14.1. The molecule has 0 fully saturated rings. The number of carbonyl (C=O) groups excluding carboxylic acids is 1. The zero-order valence-corrected chi connectivity index (χ0v) is 23.5. The normalized spacial score (nSPS) is 21.5. The van der Waals surface area contributed by atoms with E-state index in [2.05, 4.69) is 50.5 Å². The number of hydrogen-bond acceptors (Lipinski definition) is 2. The molecule has 2 N–H and O–H groups in total. The first-order valence-corrected chi connectivity index (χ1v) is 14.7. The van der Waals surface area contributed by atoms with Crippen molar-refractivity contribution in [3.8, 4) is 0 Å². The van der Waals surface area contributed by atoms with Crippen molar-refractivity contribution in [3.05, 3.63) is 34.6 Å². The zero-order valence-electron chi connectivity index (χ0n) is 23.5. The van der Waals surface area contributed by atoms with Crippen molar-refractivity contribution in [1.29, 1.82) is 0 Å². The van der Waals surface area contributed by atoms with Gasteiger partial charge in [-0.25, -0.2) is 4.79 Å². The first-order chi connectivity index (χ1) is 17.0. The molecule has 35 heavy (non-hydrogen) atoms. The summed E-state index contributed by atoms with van der Waals surface area (Å²) in [7, 11) is 1.68. The fourth-order valence-electron chi connectivity index (χ4n) is 5.47. The topological polar surface area (TPSA) is 53.5 Å². The van der Waals surface area contributed by atoms with E-state index in [-0.39, 0.29) is 12.1 Å². The molecule has 2 rings (SSSR count). The molecule has 2 aliphatic rings. The van der Waals surface area contributed by atoms with Gasteiger partial charge >= 0.3 is 6.03 Å². The van der Waals surface area contributed by atoms with Gasteiger partial charge in [0.15, 0.2) is 0 Å². The van der Waals surface area contributed by atoms with Crippen LogP contribution in [0.4, 0.5) is 4.79 Å². The smallest absolute Gasteiger partial charge is 0.314 e. The molecule has 2 unspecified atom stereocenters. The Morgan fingerprint density at radius 3 is 2.54 bits per heavy atom. The van der Waals surface area contributed by atoms with Gasteiger partial charge in [-0.05, 0) is 88.7 Å². The van der Waals surface area contributed by atoms with Crippen LogP contribution in [-0.4, -0.2) is 24.8 Å². The molecule has 0 aliphatic heterocycles. The van der Waals surface area contributed by atoms with Gasteiger partial charge in [-0.15, -0.1) is 0 Å². The second kappa shape index (κ2) is 16.8. The maximum atomic E-state index is 11.9. The highest BCUT2D eigenvalue weighted by molar-refractivity contribution is 6.03. The molecule has 0 bridgehead atoms. The predicted octanol–water partition coefficient (Wildman–Crippen LogP) is 8.80. The molecular weight excluding hydrogens is 430 g/mol. The van der Waals surface area contributed by atoms with E-state index < -0.39 is 0 Å². The van der Waals surface area contributed by atoms with Crippen molar-refractivity contribution in [2.75, 3.05) is 7.05 Å². The number of nitrogens with one attached hydrogen (secondary N) is 2. The van der Waals surface area contributed by atoms with E-state index in [1.165, 1.54) is 74.8 Å². The molecule has 0 saturated carbocycles. The van der Waals surface area contributed by atoms with Crippen molar-refractivity contribution in [2.24, 2.45) is 10.9 Å². The molecule has 4 heteroatoms. The predicted molar refractivity (Wildman–Crippen MR) is 152 cm³/mol. The van der Waals surface area contributed by atoms with Crippen LogP contribution < -0.4 is 10.6 Å². The van der Waals surface area contributed by atoms with E-state index in [0.717, 1.165) is 44.9 Å². The molecule has 0 saturated heterocycles. The summed E-state index contributed by atoms with van der Waals surface area (Å²) in [6, 6.07) is 0.120. The van der Waals surface area contributed by atoms with Crippen LogP contribution in [0.5, 0.6) is 0 Å². The van der Waals surface area contributed by atoms with Crippen LogP contribution in [0.15, 0.2) is 39.6 Å². The van der Waals surface area contributed by atoms with Crippen LogP contribution in [-0.2, 0) is 0 Å². The Bertz CT molecular complexity index is 774. The average Bonchev–Trinajstić information content (AvgIpc) is 3.09. The van der Waals surface area contributed by atoms with Crippen LogP contribution in [0.2, 0.25) is 0 Å². The van der Waals surface area contributed by atoms with Crippen molar-refractivity contribution in [2.45, 2.75) is 136 Å². The van der Waals surface area contributed by atoms with Gasteiger partial charge in [-0.1, -0.05) is 70.6 Å². The van der Waals surface area contributed by atoms with Crippen LogP contribution >= 0.6 is 0 Å². The lowest BCUT2D eigenvalue weighted by molar-refractivity contribution is 0.238. The number of aliphatic imine (C=N–C) groups is 1. The second-order valence-corrected chi connectivity index (χ2v) is 10.6. The average molecular weight is 484 g/mol. The van der Waals surface area contributed by atoms with E-state index in [0.29, 0.717) is 5.92 Å². The Morgan fingerprint density at radius 2 is 1.86 bits per heavy atom. The summed E-state index contributed by atoms with van der Waals surface area (Å²) >= 11 is 0. The number of amides is 2. The quantitative estimate of drug-likeness (QED) is 0.283. The largest absolute Gasteiger partial charge is 0.341 e. The standard InChI is InChI=1S/C31H53N3O/c1-6-9-17-25(8-3)30(28-20-14-12-11-13-16-24(28)4)34-29(21-10-7-2)26-18-15-19-27(23-22-26)33-31(35)32-5/h21-22,25,27H,6-20,23H2,1-5H3,(H2,32,33,35). The Hall–Kier alpha value is -1.84. The first kappa shape index (κ1) is 29.4. The van der Waals surface area contributed by atoms with Gasteiger partial charge in [0.25, 0.3) is 0 Å². The first-order valence-electron chi connectivity index (χ1n) is 14.7. The number of carbonyl (C=O) groups is 1. The molecule has 0 spiro atoms. The van der Waals surface area contributed by atoms with Crippen LogP contribution in [0.25, 0.3) is 0 Å². The summed E-state index contributed by atoms with van der Waals surface area (Å²) in [6.45, 7) is 9.28. The summed E-state index contributed by atoms with van der Waals surface area (Å²) in [5, 5.41) is 5.81. The molecule has 2 amide bonds. The van der Waals surface area contributed by atoms with E-state index in [1.807, 2.05) is 0 Å². The molecule has 0 aromatic carbocycles. The third-order valence-corrected chi connectivity index (χ3v) is 7.74. The molecule has 0 heterocycles. The number of urea groups is 1. The number of hydrogen-bond donors (Lipinski definition) is 2. The fraction of sp³-hybridized carbons (Fsp3) is 0.742. The van der Waals surface area contributed by atoms with Crippen LogP contribution in [0, 0.1) is 5.92 Å². The Labute approximate surface area is 216 Å². The summed E-state index contributed by atoms with van der Waals surface area (Å²) in [4.78, 5) is 17.5. The summed E-state index contributed by atoms with van der Waals surface area (Å²) in [5.41, 5.74) is 7.14. The van der Waals surface area contributed by atoms with E-state index in [1.54, 1.807) is 18.2 Å². The lowest BCUT2D eigenvalue weighted by Gasteiger charge is -2.25. The Morgan fingerprint density at radius 1 is 1.09 bits per heavy atom. The molecule has 198 valence electrons. The molecule has 0 aromatic rings. The highest BCUT2D eigenvalue weighted by atomic mass is 16.2. The van der Waals surface area contributed by atoms with Gasteiger partial charge in [0.05, 0.1) is 5.70 Å². The van der Waals surface area contributed by atoms with Gasteiger partial charge in [-0.2, -0.15) is 0 Å². The summed E-state index contributed by atoms with van der Waals surface area (Å²) < 4.78 is 0. The lowest BCUT2D eigenvalue weighted by atomic mass is 9.83. The SMILES string of the molecule is CCCC=C(N=C(C1=C(C)CCCCCC1)C(CC)CCCC)C1=CCC(NC(=O)NC)CCC1. The minimum atomic E-state index is -0.0812. The number of allylic oxidation sites excluding steroid dienone is 4. The minimum absolute atomic E-state index is 0.0812. The van der Waals surface area contributed by atoms with Crippen molar-refractivity contribution >= 4 is 11.7 Å². The number of rotatable bonds is 11. The Balaban J connectivity index is 2.47. The molecule has 2 atom stereocenters. The maximum Gasteiger partial charge on any atom is 0.314 e. The number of unbranched alkanes of at least 4 members (excludes halogenated alkanes) is 2. The molecular formula is C31H53N3O. The fourth-order valence-corrected chi connectivity index (χ4v) is 5.47. The highest BCUT2D eigenvalue weighted by Crippen LogP contribution is 2.32. The van der Waals surface area contributed by atoms with Crippen molar-refractivity contribution < 1.29 is 4.79 Å². The van der Waals surface area contributed by atoms with Gasteiger partial charge in [-0.3, -0.25) is 4.99 Å². The van der Waals surface area contributed by atoms with E-state index >= 15 is 0 Å². The lowest BCUT2D eigenvalue weighted by Crippen LogP contribution is -2.40. The third-order valence-electron chi connectivity index (χ3n) is 7.74. The van der Waals surface area contributed by atoms with Crippen LogP contribution in [0.1, 0.15) is 130 Å². The zero-order chi connectivity index (χ0) is 25.5. The van der Waals surface area contributed by atoms with Gasteiger partial charge in [0.2, 0.25) is 0 Å². The highest BCUT2D eigenvalue weighted by Gasteiger charge is 2.23. The van der Waals surface area contributed by atoms with E-state index in [9.17, 15) is 4.79 Å². The second-order valence-electron chi connectivity index (χ2n) is 10.6. The van der Waals surface area contributed by atoms with E-state index in [4.69, 9.17) is 4.99 Å². The van der Waals surface area contributed by atoms with Gasteiger partial charge in [0, 0.05) is 24.7 Å². The minimum Gasteiger partial charge on any atom is -0.341 e. The van der Waals surface area contributed by atoms with Crippen LogP contribution in [0.3, 0.4) is 0 Å². The molecule has 0 aromatic heterocycles. The monoisotopic (exact) mass is 483 g/mol. The van der Waals surface area contributed by atoms with Crippen molar-refractivity contribution in [3.63, 3.8) is 0 Å².